The summed E-state index contributed by atoms with van der Waals surface area (Å²) in [4.78, 5) is 25.6. The highest BCUT2D eigenvalue weighted by Gasteiger charge is 2.10. The molecule has 0 radical (unpaired) electrons. The van der Waals surface area contributed by atoms with Crippen LogP contribution >= 0.6 is 11.6 Å². The van der Waals surface area contributed by atoms with Crippen LogP contribution < -0.4 is 20.5 Å². The summed E-state index contributed by atoms with van der Waals surface area (Å²) in [5.74, 6) is -1.36. The maximum Gasteiger partial charge on any atom is 0.276 e. The van der Waals surface area contributed by atoms with Gasteiger partial charge in [-0.25, -0.2) is 4.39 Å². The molecule has 0 saturated heterocycles. The number of halogens is 2. The van der Waals surface area contributed by atoms with Crippen LogP contribution in [0.3, 0.4) is 0 Å². The first-order valence-electron chi connectivity index (χ1n) is 7.31. The van der Waals surface area contributed by atoms with E-state index in [1.807, 2.05) is 25.1 Å². The average Bonchev–Trinajstić information content (AvgIpc) is 2.60. The number of hydrogen-bond acceptors (Lipinski definition) is 4. The molecule has 0 saturated carbocycles. The fourth-order valence-corrected chi connectivity index (χ4v) is 2.05. The van der Waals surface area contributed by atoms with Gasteiger partial charge in [-0.3, -0.25) is 20.4 Å². The fourth-order valence-electron chi connectivity index (χ4n) is 1.88. The highest BCUT2D eigenvalue weighted by Crippen LogP contribution is 2.20. The lowest BCUT2D eigenvalue weighted by atomic mass is 10.2. The van der Waals surface area contributed by atoms with E-state index in [9.17, 15) is 14.0 Å². The van der Waals surface area contributed by atoms with Crippen molar-refractivity contribution in [3.05, 3.63) is 58.9 Å². The zero-order chi connectivity index (χ0) is 18.4. The van der Waals surface area contributed by atoms with Crippen molar-refractivity contribution in [1.82, 2.24) is 10.9 Å². The molecule has 0 aliphatic heterocycles. The molecule has 25 heavy (non-hydrogen) atoms. The van der Waals surface area contributed by atoms with Crippen LogP contribution in [0.15, 0.2) is 42.5 Å². The molecule has 0 aliphatic rings. The van der Waals surface area contributed by atoms with E-state index in [0.29, 0.717) is 5.56 Å². The second-order valence-corrected chi connectivity index (χ2v) is 5.72. The molecule has 0 fully saturated rings. The molecule has 132 valence electrons. The van der Waals surface area contributed by atoms with Gasteiger partial charge in [0.15, 0.2) is 6.61 Å². The standard InChI is InChI=1S/C17H17ClFN3O3/c1-22(2)12-5-3-4-11(8-12)17(24)21-20-16(23)10-25-13-6-7-15(19)14(18)9-13/h3-9H,10H2,1-2H3,(H,20,23)(H,21,24). The SMILES string of the molecule is CN(C)c1cccc(C(=O)NNC(=O)COc2ccc(F)c(Cl)c2)c1. The van der Waals surface area contributed by atoms with Crippen molar-refractivity contribution in [1.29, 1.82) is 0 Å². The number of rotatable bonds is 5. The Labute approximate surface area is 149 Å². The molecule has 0 atom stereocenters. The van der Waals surface area contributed by atoms with Crippen LogP contribution in [0.4, 0.5) is 10.1 Å². The van der Waals surface area contributed by atoms with Crippen molar-refractivity contribution in [3.8, 4) is 5.75 Å². The number of nitrogens with zero attached hydrogens (tertiary/aromatic N) is 1. The predicted molar refractivity (Wildman–Crippen MR) is 93.3 cm³/mol. The lowest BCUT2D eigenvalue weighted by molar-refractivity contribution is -0.123. The molecule has 6 nitrogen and oxygen atoms in total. The van der Waals surface area contributed by atoms with Crippen LogP contribution in [-0.4, -0.2) is 32.5 Å². The van der Waals surface area contributed by atoms with Crippen LogP contribution in [0.2, 0.25) is 5.02 Å². The minimum atomic E-state index is -0.578. The fraction of sp³-hybridized carbons (Fsp3) is 0.176. The molecule has 0 aromatic heterocycles. The van der Waals surface area contributed by atoms with E-state index in [2.05, 4.69) is 10.9 Å². The number of anilines is 1. The Kier molecular flexibility index (Phi) is 6.19. The summed E-state index contributed by atoms with van der Waals surface area (Å²) in [6, 6.07) is 10.7. The molecule has 2 N–H and O–H groups in total. The van der Waals surface area contributed by atoms with Gasteiger partial charge in [0.05, 0.1) is 5.02 Å². The molecule has 2 amide bonds. The van der Waals surface area contributed by atoms with E-state index in [0.717, 1.165) is 11.8 Å². The molecule has 0 spiro atoms. The van der Waals surface area contributed by atoms with Gasteiger partial charge in [0.1, 0.15) is 11.6 Å². The molecule has 0 unspecified atom stereocenters. The molecular formula is C17H17ClFN3O3. The minimum absolute atomic E-state index is 0.105. The average molecular weight is 366 g/mol. The molecule has 8 heteroatoms. The predicted octanol–water partition coefficient (Wildman–Crippen LogP) is 2.39. The van der Waals surface area contributed by atoms with E-state index in [1.165, 1.54) is 12.1 Å². The monoisotopic (exact) mass is 365 g/mol. The highest BCUT2D eigenvalue weighted by molar-refractivity contribution is 6.30. The number of ether oxygens (including phenoxy) is 1. The van der Waals surface area contributed by atoms with Crippen LogP contribution in [0.1, 0.15) is 10.4 Å². The third-order valence-electron chi connectivity index (χ3n) is 3.20. The number of carbonyl (C=O) groups excluding carboxylic acids is 2. The van der Waals surface area contributed by atoms with Crippen LogP contribution in [0.5, 0.6) is 5.75 Å². The summed E-state index contributed by atoms with van der Waals surface area (Å²) < 4.78 is 18.2. The topological polar surface area (TPSA) is 70.7 Å². The summed E-state index contributed by atoms with van der Waals surface area (Å²) in [7, 11) is 3.72. The Morgan fingerprint density at radius 2 is 1.92 bits per heavy atom. The second kappa shape index (κ2) is 8.34. The molecule has 0 bridgehead atoms. The lowest BCUT2D eigenvalue weighted by Crippen LogP contribution is -2.43. The van der Waals surface area contributed by atoms with Gasteiger partial charge < -0.3 is 9.64 Å². The lowest BCUT2D eigenvalue weighted by Gasteiger charge is -2.14. The van der Waals surface area contributed by atoms with Crippen molar-refractivity contribution in [3.63, 3.8) is 0 Å². The first-order chi connectivity index (χ1) is 11.9. The smallest absolute Gasteiger partial charge is 0.276 e. The van der Waals surface area contributed by atoms with Gasteiger partial charge in [-0.05, 0) is 30.3 Å². The quantitative estimate of drug-likeness (QED) is 0.798. The van der Waals surface area contributed by atoms with Gasteiger partial charge in [-0.2, -0.15) is 0 Å². The number of amides is 2. The molecular weight excluding hydrogens is 349 g/mol. The summed E-state index contributed by atoms with van der Waals surface area (Å²) in [6.07, 6.45) is 0. The van der Waals surface area contributed by atoms with Gasteiger partial charge in [-0.15, -0.1) is 0 Å². The number of carbonyl (C=O) groups is 2. The van der Waals surface area contributed by atoms with E-state index >= 15 is 0 Å². The minimum Gasteiger partial charge on any atom is -0.484 e. The number of hydrogen-bond donors (Lipinski definition) is 2. The van der Waals surface area contributed by atoms with Gasteiger partial charge >= 0.3 is 0 Å². The first-order valence-corrected chi connectivity index (χ1v) is 7.69. The number of nitrogens with one attached hydrogen (secondary N) is 2. The first kappa shape index (κ1) is 18.5. The van der Waals surface area contributed by atoms with Crippen molar-refractivity contribution < 1.29 is 18.7 Å². The van der Waals surface area contributed by atoms with Crippen molar-refractivity contribution in [2.45, 2.75) is 0 Å². The van der Waals surface area contributed by atoms with E-state index in [4.69, 9.17) is 16.3 Å². The summed E-state index contributed by atoms with van der Waals surface area (Å²) in [5.41, 5.74) is 5.80. The Morgan fingerprint density at radius 3 is 2.60 bits per heavy atom. The Hall–Kier alpha value is -2.80. The Morgan fingerprint density at radius 1 is 1.16 bits per heavy atom. The van der Waals surface area contributed by atoms with Gasteiger partial charge in [0.25, 0.3) is 11.8 Å². The van der Waals surface area contributed by atoms with Gasteiger partial charge in [0.2, 0.25) is 0 Å². The van der Waals surface area contributed by atoms with E-state index < -0.39 is 17.6 Å². The Balaban J connectivity index is 1.84. The van der Waals surface area contributed by atoms with Crippen molar-refractivity contribution in [2.75, 3.05) is 25.6 Å². The third kappa shape index (κ3) is 5.36. The van der Waals surface area contributed by atoms with Gasteiger partial charge in [0, 0.05) is 31.4 Å². The van der Waals surface area contributed by atoms with Crippen LogP contribution in [0, 0.1) is 5.82 Å². The molecule has 0 heterocycles. The Bertz CT molecular complexity index is 783. The molecule has 2 aromatic rings. The van der Waals surface area contributed by atoms with Crippen molar-refractivity contribution >= 4 is 29.1 Å². The third-order valence-corrected chi connectivity index (χ3v) is 3.49. The maximum absolute atomic E-state index is 13.0. The molecule has 2 aromatic carbocycles. The number of hydrazine groups is 1. The highest BCUT2D eigenvalue weighted by atomic mass is 35.5. The van der Waals surface area contributed by atoms with Crippen LogP contribution in [0.25, 0.3) is 0 Å². The maximum atomic E-state index is 13.0. The van der Waals surface area contributed by atoms with E-state index in [1.54, 1.807) is 18.2 Å². The second-order valence-electron chi connectivity index (χ2n) is 5.31. The normalized spacial score (nSPS) is 10.1. The van der Waals surface area contributed by atoms with Crippen molar-refractivity contribution in [2.24, 2.45) is 0 Å². The van der Waals surface area contributed by atoms with E-state index in [-0.39, 0.29) is 17.4 Å². The summed E-state index contributed by atoms with van der Waals surface area (Å²) >= 11 is 5.62. The molecule has 2 rings (SSSR count). The van der Waals surface area contributed by atoms with Crippen LogP contribution in [-0.2, 0) is 4.79 Å². The van der Waals surface area contributed by atoms with Gasteiger partial charge in [-0.1, -0.05) is 17.7 Å². The zero-order valence-electron chi connectivity index (χ0n) is 13.7. The summed E-state index contributed by atoms with van der Waals surface area (Å²) in [6.45, 7) is -0.361. The molecule has 0 aliphatic carbocycles. The zero-order valence-corrected chi connectivity index (χ0v) is 14.4. The number of benzene rings is 2. The summed E-state index contributed by atoms with van der Waals surface area (Å²) in [5, 5.41) is -0.105. The largest absolute Gasteiger partial charge is 0.484 e.